The molecule has 0 aliphatic carbocycles. The van der Waals surface area contributed by atoms with E-state index in [2.05, 4.69) is 11.1 Å². The molecule has 3 fully saturated rings. The molecule has 0 radical (unpaired) electrons. The maximum atomic E-state index is 13.1. The topological polar surface area (TPSA) is 50.6 Å². The van der Waals surface area contributed by atoms with Crippen molar-refractivity contribution >= 4 is 34.8 Å². The van der Waals surface area contributed by atoms with Crippen LogP contribution in [0.1, 0.15) is 25.7 Å². The first-order valence-corrected chi connectivity index (χ1v) is 9.89. The van der Waals surface area contributed by atoms with E-state index in [0.717, 1.165) is 37.9 Å². The molecule has 0 aromatic heterocycles. The van der Waals surface area contributed by atoms with Crippen LogP contribution in [0.5, 0.6) is 0 Å². The summed E-state index contributed by atoms with van der Waals surface area (Å²) in [6.07, 6.45) is 6.15. The van der Waals surface area contributed by atoms with Crippen LogP contribution < -0.4 is 4.90 Å². The van der Waals surface area contributed by atoms with Gasteiger partial charge in [-0.2, -0.15) is 5.26 Å². The van der Waals surface area contributed by atoms with Crippen molar-refractivity contribution in [1.29, 1.82) is 5.26 Å². The van der Waals surface area contributed by atoms with E-state index in [-0.39, 0.29) is 23.9 Å². The summed E-state index contributed by atoms with van der Waals surface area (Å²) in [5.74, 6) is 0.170. The molecule has 3 aliphatic rings. The average molecular weight is 393 g/mol. The van der Waals surface area contributed by atoms with E-state index in [1.165, 1.54) is 0 Å². The second-order valence-electron chi connectivity index (χ2n) is 7.62. The lowest BCUT2D eigenvalue weighted by molar-refractivity contribution is -0.136. The van der Waals surface area contributed by atoms with Crippen molar-refractivity contribution in [3.8, 4) is 6.19 Å². The molecule has 2 bridgehead atoms. The van der Waals surface area contributed by atoms with Gasteiger partial charge >= 0.3 is 0 Å². The van der Waals surface area contributed by atoms with Crippen molar-refractivity contribution in [1.82, 2.24) is 9.80 Å². The number of benzene rings is 1. The van der Waals surface area contributed by atoms with Crippen molar-refractivity contribution in [2.45, 2.75) is 43.8 Å². The molecule has 26 heavy (non-hydrogen) atoms. The van der Waals surface area contributed by atoms with Crippen LogP contribution in [-0.4, -0.2) is 54.0 Å². The lowest BCUT2D eigenvalue weighted by atomic mass is 9.93. The Balaban J connectivity index is 1.42. The molecule has 138 valence electrons. The number of likely N-dealkylation sites (N-methyl/N-ethyl adjacent to an activating group) is 1. The number of carbonyl (C=O) groups is 1. The highest BCUT2D eigenvalue weighted by Gasteiger charge is 2.49. The lowest BCUT2D eigenvalue weighted by Crippen LogP contribution is -2.47. The predicted molar refractivity (Wildman–Crippen MR) is 102 cm³/mol. The fourth-order valence-electron chi connectivity index (χ4n) is 4.90. The molecule has 1 amide bonds. The molecule has 3 heterocycles. The van der Waals surface area contributed by atoms with E-state index >= 15 is 0 Å². The number of amides is 1. The maximum absolute atomic E-state index is 13.1. The average Bonchev–Trinajstić information content (AvgIpc) is 3.33. The Bertz CT molecular complexity index is 744. The standard InChI is InChI=1S/C19H22Cl2N4O/c1-23(18-9-15-2-3-17(18)25(15)11-22)19(26)12-4-5-24(10-12)16-7-13(20)6-14(21)8-16/h6-8,12,15,17-18H,2-5,9-10H2,1H3/t12-,15?,17+,18+/m0/s1. The van der Waals surface area contributed by atoms with Crippen molar-refractivity contribution < 1.29 is 4.79 Å². The second kappa shape index (κ2) is 6.83. The molecular formula is C19H22Cl2N4O. The monoisotopic (exact) mass is 392 g/mol. The van der Waals surface area contributed by atoms with Crippen LogP contribution in [0.25, 0.3) is 0 Å². The van der Waals surface area contributed by atoms with Crippen molar-refractivity contribution in [3.63, 3.8) is 0 Å². The number of nitriles is 1. The van der Waals surface area contributed by atoms with E-state index in [1.54, 1.807) is 6.07 Å². The summed E-state index contributed by atoms with van der Waals surface area (Å²) in [4.78, 5) is 19.1. The summed E-state index contributed by atoms with van der Waals surface area (Å²) in [6, 6.07) is 6.18. The highest BCUT2D eigenvalue weighted by atomic mass is 35.5. The molecule has 1 unspecified atom stereocenters. The van der Waals surface area contributed by atoms with Gasteiger partial charge in [-0.3, -0.25) is 4.79 Å². The quantitative estimate of drug-likeness (QED) is 0.739. The Labute approximate surface area is 164 Å². The molecule has 1 aromatic carbocycles. The predicted octanol–water partition coefficient (Wildman–Crippen LogP) is 3.36. The zero-order valence-electron chi connectivity index (χ0n) is 14.7. The van der Waals surface area contributed by atoms with E-state index in [1.807, 2.05) is 29.0 Å². The van der Waals surface area contributed by atoms with Gasteiger partial charge in [0.15, 0.2) is 6.19 Å². The van der Waals surface area contributed by atoms with Gasteiger partial charge in [0, 0.05) is 41.9 Å². The minimum absolute atomic E-state index is 0.0209. The van der Waals surface area contributed by atoms with Crippen LogP contribution in [0.2, 0.25) is 10.0 Å². The van der Waals surface area contributed by atoms with Crippen molar-refractivity contribution in [2.24, 2.45) is 5.92 Å². The Morgan fingerprint density at radius 3 is 2.62 bits per heavy atom. The van der Waals surface area contributed by atoms with Crippen molar-refractivity contribution in [2.75, 3.05) is 25.0 Å². The summed E-state index contributed by atoms with van der Waals surface area (Å²) >= 11 is 12.2. The van der Waals surface area contributed by atoms with Crippen LogP contribution >= 0.6 is 23.2 Å². The van der Waals surface area contributed by atoms with Gasteiger partial charge < -0.3 is 14.7 Å². The molecule has 3 saturated heterocycles. The van der Waals surface area contributed by atoms with Crippen LogP contribution in [0, 0.1) is 17.4 Å². The molecule has 0 N–H and O–H groups in total. The van der Waals surface area contributed by atoms with Crippen LogP contribution in [0.15, 0.2) is 18.2 Å². The molecule has 3 aliphatic heterocycles. The Hall–Kier alpha value is -1.64. The first-order chi connectivity index (χ1) is 12.5. The summed E-state index contributed by atoms with van der Waals surface area (Å²) in [5.41, 5.74) is 0.969. The zero-order valence-corrected chi connectivity index (χ0v) is 16.2. The number of hydrogen-bond acceptors (Lipinski definition) is 4. The van der Waals surface area contributed by atoms with Gasteiger partial charge in [0.25, 0.3) is 0 Å². The van der Waals surface area contributed by atoms with Crippen molar-refractivity contribution in [3.05, 3.63) is 28.2 Å². The first-order valence-electron chi connectivity index (χ1n) is 9.13. The number of nitrogens with zero attached hydrogens (tertiary/aromatic N) is 4. The van der Waals surface area contributed by atoms with Gasteiger partial charge in [-0.15, -0.1) is 0 Å². The number of carbonyl (C=O) groups excluding carboxylic acids is 1. The van der Waals surface area contributed by atoms with E-state index in [4.69, 9.17) is 23.2 Å². The molecule has 0 saturated carbocycles. The largest absolute Gasteiger partial charge is 0.371 e. The fraction of sp³-hybridized carbons (Fsp3) is 0.579. The van der Waals surface area contributed by atoms with Gasteiger partial charge in [-0.25, -0.2) is 0 Å². The number of halogens is 2. The van der Waals surface area contributed by atoms with Crippen LogP contribution in [0.4, 0.5) is 5.69 Å². The highest BCUT2D eigenvalue weighted by Crippen LogP contribution is 2.40. The number of rotatable bonds is 3. The van der Waals surface area contributed by atoms with E-state index < -0.39 is 0 Å². The normalized spacial score (nSPS) is 29.9. The second-order valence-corrected chi connectivity index (χ2v) is 8.49. The molecule has 1 aromatic rings. The Morgan fingerprint density at radius 1 is 1.23 bits per heavy atom. The number of hydrogen-bond donors (Lipinski definition) is 0. The third-order valence-electron chi connectivity index (χ3n) is 6.21. The number of anilines is 1. The SMILES string of the molecule is CN(C(=O)[C@H]1CCN(c2cc(Cl)cc(Cl)c2)C1)[C@@H]1CC2CC[C@H]1N2C#N. The summed E-state index contributed by atoms with van der Waals surface area (Å²) in [7, 11) is 1.90. The summed E-state index contributed by atoms with van der Waals surface area (Å²) in [6.45, 7) is 1.50. The minimum atomic E-state index is -0.0209. The first kappa shape index (κ1) is 17.8. The lowest BCUT2D eigenvalue weighted by Gasteiger charge is -2.32. The molecule has 0 spiro atoms. The molecule has 4 rings (SSSR count). The molecule has 7 heteroatoms. The van der Waals surface area contributed by atoms with Gasteiger partial charge in [-0.1, -0.05) is 23.2 Å². The third kappa shape index (κ3) is 3.00. The number of fused-ring (bicyclic) bond motifs is 2. The van der Waals surface area contributed by atoms with Crippen LogP contribution in [0.3, 0.4) is 0 Å². The van der Waals surface area contributed by atoms with Gasteiger partial charge in [0.1, 0.15) is 0 Å². The van der Waals surface area contributed by atoms with Crippen LogP contribution in [-0.2, 0) is 4.79 Å². The minimum Gasteiger partial charge on any atom is -0.371 e. The molecule has 4 atom stereocenters. The molecule has 5 nitrogen and oxygen atoms in total. The van der Waals surface area contributed by atoms with Gasteiger partial charge in [0.2, 0.25) is 5.91 Å². The Kier molecular flexibility index (Phi) is 4.66. The zero-order chi connectivity index (χ0) is 18.4. The highest BCUT2D eigenvalue weighted by molar-refractivity contribution is 6.35. The van der Waals surface area contributed by atoms with E-state index in [0.29, 0.717) is 22.6 Å². The fourth-order valence-corrected chi connectivity index (χ4v) is 5.41. The summed E-state index contributed by atoms with van der Waals surface area (Å²) in [5, 5.41) is 10.6. The Morgan fingerprint density at radius 2 is 1.96 bits per heavy atom. The summed E-state index contributed by atoms with van der Waals surface area (Å²) < 4.78 is 0. The van der Waals surface area contributed by atoms with E-state index in [9.17, 15) is 10.1 Å². The molecular weight excluding hydrogens is 371 g/mol. The van der Waals surface area contributed by atoms with Gasteiger partial charge in [-0.05, 0) is 43.9 Å². The van der Waals surface area contributed by atoms with Gasteiger partial charge in [0.05, 0.1) is 18.0 Å². The third-order valence-corrected chi connectivity index (χ3v) is 6.65. The maximum Gasteiger partial charge on any atom is 0.227 e. The smallest absolute Gasteiger partial charge is 0.227 e.